The Bertz CT molecular complexity index is 1030. The molecule has 0 aromatic heterocycles. The van der Waals surface area contributed by atoms with Gasteiger partial charge in [0.1, 0.15) is 0 Å². The third-order valence-electron chi connectivity index (χ3n) is 7.98. The van der Waals surface area contributed by atoms with Gasteiger partial charge in [0.25, 0.3) is 0 Å². The Morgan fingerprint density at radius 1 is 1.06 bits per heavy atom. The van der Waals surface area contributed by atoms with Crippen molar-refractivity contribution in [1.29, 1.82) is 0 Å². The molecule has 6 nitrogen and oxygen atoms in total. The summed E-state index contributed by atoms with van der Waals surface area (Å²) >= 11 is 0. The van der Waals surface area contributed by atoms with E-state index >= 15 is 0 Å². The lowest BCUT2D eigenvalue weighted by molar-refractivity contribution is -0.137. The van der Waals surface area contributed by atoms with Gasteiger partial charge in [-0.2, -0.15) is 17.5 Å². The van der Waals surface area contributed by atoms with E-state index in [4.69, 9.17) is 0 Å². The topological polar surface area (TPSA) is 78.5 Å². The molecule has 4 rings (SSSR count). The number of nitrogens with zero attached hydrogens (tertiary/aromatic N) is 1. The van der Waals surface area contributed by atoms with Crippen LogP contribution in [0.2, 0.25) is 0 Å². The van der Waals surface area contributed by atoms with Crippen LogP contribution >= 0.6 is 0 Å². The first-order valence-corrected chi connectivity index (χ1v) is 14.4. The normalized spacial score (nSPS) is 26.4. The minimum atomic E-state index is -4.52. The lowest BCUT2D eigenvalue weighted by Crippen LogP contribution is -2.51. The van der Waals surface area contributed by atoms with E-state index in [1.807, 2.05) is 0 Å². The maximum Gasteiger partial charge on any atom is 0.416 e. The second kappa shape index (κ2) is 10.3. The van der Waals surface area contributed by atoms with Crippen LogP contribution in [0.4, 0.5) is 13.2 Å². The molecule has 1 aromatic rings. The Morgan fingerprint density at radius 2 is 1.72 bits per heavy atom. The summed E-state index contributed by atoms with van der Waals surface area (Å²) < 4.78 is 66.3. The highest BCUT2D eigenvalue weighted by molar-refractivity contribution is 7.89. The van der Waals surface area contributed by atoms with Crippen LogP contribution in [0.25, 0.3) is 0 Å². The standard InChI is InChI=1S/C26H38F3N3O3S/c1-25(2,3)13-23(30-14-17-5-4-6-17)24(33)31-22-12-7-18-15-32(16-21(18)22)36(34,35)20-10-8-19(9-11-20)26(27,28)29/h8-11,17-18,21-23,30H,4-7,12-16H2,1-3H3,(H,31,33)/t18-,21+,22+,23+/m1/s1. The molecule has 10 heteroatoms. The number of halogens is 3. The molecule has 1 amide bonds. The summed E-state index contributed by atoms with van der Waals surface area (Å²) in [6, 6.07) is 3.26. The van der Waals surface area contributed by atoms with Crippen LogP contribution in [0.3, 0.4) is 0 Å². The number of sulfonamides is 1. The summed E-state index contributed by atoms with van der Waals surface area (Å²) in [6.45, 7) is 7.77. The molecule has 36 heavy (non-hydrogen) atoms. The molecule has 4 atom stereocenters. The fourth-order valence-corrected chi connectivity index (χ4v) is 7.26. The first kappa shape index (κ1) is 27.4. The number of nitrogens with one attached hydrogen (secondary N) is 2. The molecule has 2 aliphatic carbocycles. The SMILES string of the molecule is CC(C)(C)C[C@H](NCC1CCC1)C(=O)N[C@H]1CC[C@@H]2CN(S(=O)(=O)c3ccc(C(F)(F)F)cc3)C[C@@H]21. The molecule has 0 radical (unpaired) electrons. The number of hydrogen-bond donors (Lipinski definition) is 2. The fraction of sp³-hybridized carbons (Fsp3) is 0.731. The van der Waals surface area contributed by atoms with Crippen molar-refractivity contribution in [2.24, 2.45) is 23.2 Å². The maximum absolute atomic E-state index is 13.3. The van der Waals surface area contributed by atoms with E-state index in [2.05, 4.69) is 31.4 Å². The average molecular weight is 530 g/mol. The van der Waals surface area contributed by atoms with Crippen LogP contribution < -0.4 is 10.6 Å². The highest BCUT2D eigenvalue weighted by atomic mass is 32.2. The fourth-order valence-electron chi connectivity index (χ4n) is 5.72. The number of hydrogen-bond acceptors (Lipinski definition) is 4. The first-order valence-electron chi connectivity index (χ1n) is 13.0. The van der Waals surface area contributed by atoms with Gasteiger partial charge in [-0.1, -0.05) is 27.2 Å². The monoisotopic (exact) mass is 529 g/mol. The number of rotatable bonds is 8. The van der Waals surface area contributed by atoms with E-state index in [0.717, 1.165) is 43.7 Å². The van der Waals surface area contributed by atoms with Gasteiger partial charge >= 0.3 is 6.18 Å². The minimum Gasteiger partial charge on any atom is -0.352 e. The largest absolute Gasteiger partial charge is 0.416 e. The number of carbonyl (C=O) groups excluding carboxylic acids is 1. The summed E-state index contributed by atoms with van der Waals surface area (Å²) in [5.41, 5.74) is -0.898. The van der Waals surface area contributed by atoms with Crippen LogP contribution in [-0.4, -0.2) is 50.3 Å². The van der Waals surface area contributed by atoms with Crippen molar-refractivity contribution < 1.29 is 26.4 Å². The summed E-state index contributed by atoms with van der Waals surface area (Å²) in [6.07, 6.45) is 1.46. The third-order valence-corrected chi connectivity index (χ3v) is 9.83. The molecule has 3 aliphatic rings. The Hall–Kier alpha value is -1.65. The summed E-state index contributed by atoms with van der Waals surface area (Å²) in [4.78, 5) is 13.2. The molecule has 1 saturated heterocycles. The van der Waals surface area contributed by atoms with Gasteiger partial charge in [0.15, 0.2) is 0 Å². The first-order chi connectivity index (χ1) is 16.7. The van der Waals surface area contributed by atoms with Gasteiger partial charge in [0, 0.05) is 19.1 Å². The maximum atomic E-state index is 13.3. The Labute approximate surface area is 212 Å². The van der Waals surface area contributed by atoms with Crippen molar-refractivity contribution in [2.75, 3.05) is 19.6 Å². The van der Waals surface area contributed by atoms with Crippen molar-refractivity contribution in [3.05, 3.63) is 29.8 Å². The van der Waals surface area contributed by atoms with Crippen LogP contribution in [0, 0.1) is 23.2 Å². The zero-order chi connectivity index (χ0) is 26.3. The quantitative estimate of drug-likeness (QED) is 0.523. The molecule has 1 aromatic carbocycles. The lowest BCUT2D eigenvalue weighted by Gasteiger charge is -2.32. The van der Waals surface area contributed by atoms with Crippen molar-refractivity contribution in [3.63, 3.8) is 0 Å². The van der Waals surface area contributed by atoms with Gasteiger partial charge in [-0.05, 0) is 86.1 Å². The number of benzene rings is 1. The van der Waals surface area contributed by atoms with Crippen molar-refractivity contribution in [2.45, 2.75) is 82.5 Å². The molecule has 1 aliphatic heterocycles. The number of fused-ring (bicyclic) bond motifs is 1. The Balaban J connectivity index is 1.39. The predicted molar refractivity (Wildman–Crippen MR) is 132 cm³/mol. The molecular weight excluding hydrogens is 491 g/mol. The molecule has 0 spiro atoms. The molecule has 202 valence electrons. The average Bonchev–Trinajstić information content (AvgIpc) is 3.33. The highest BCUT2D eigenvalue weighted by Gasteiger charge is 2.47. The highest BCUT2D eigenvalue weighted by Crippen LogP contribution is 2.40. The number of carbonyl (C=O) groups is 1. The summed E-state index contributed by atoms with van der Waals surface area (Å²) in [5.74, 6) is 0.734. The smallest absolute Gasteiger partial charge is 0.352 e. The van der Waals surface area contributed by atoms with Gasteiger partial charge < -0.3 is 10.6 Å². The zero-order valence-electron chi connectivity index (χ0n) is 21.3. The van der Waals surface area contributed by atoms with E-state index in [0.29, 0.717) is 18.9 Å². The Kier molecular flexibility index (Phi) is 7.80. The summed E-state index contributed by atoms with van der Waals surface area (Å²) in [7, 11) is -3.91. The predicted octanol–water partition coefficient (Wildman–Crippen LogP) is 4.42. The zero-order valence-corrected chi connectivity index (χ0v) is 22.1. The Morgan fingerprint density at radius 3 is 2.28 bits per heavy atom. The van der Waals surface area contributed by atoms with Crippen molar-refractivity contribution in [3.8, 4) is 0 Å². The molecule has 0 unspecified atom stereocenters. The molecule has 1 heterocycles. The van der Waals surface area contributed by atoms with Gasteiger partial charge in [0.2, 0.25) is 15.9 Å². The van der Waals surface area contributed by atoms with E-state index in [9.17, 15) is 26.4 Å². The molecule has 2 N–H and O–H groups in total. The van der Waals surface area contributed by atoms with E-state index in [1.165, 1.54) is 23.6 Å². The number of alkyl halides is 3. The van der Waals surface area contributed by atoms with Crippen LogP contribution in [0.1, 0.15) is 64.9 Å². The van der Waals surface area contributed by atoms with Crippen molar-refractivity contribution in [1.82, 2.24) is 14.9 Å². The van der Waals surface area contributed by atoms with Gasteiger partial charge in [-0.25, -0.2) is 8.42 Å². The van der Waals surface area contributed by atoms with Crippen LogP contribution in [-0.2, 0) is 21.0 Å². The second-order valence-corrected chi connectivity index (χ2v) is 13.9. The summed E-state index contributed by atoms with van der Waals surface area (Å²) in [5, 5.41) is 6.70. The minimum absolute atomic E-state index is 0.0000853. The third kappa shape index (κ3) is 6.25. The van der Waals surface area contributed by atoms with Crippen LogP contribution in [0.15, 0.2) is 29.2 Å². The van der Waals surface area contributed by atoms with E-state index in [-0.39, 0.29) is 46.7 Å². The second-order valence-electron chi connectivity index (χ2n) is 12.0. The molecule has 0 bridgehead atoms. The van der Waals surface area contributed by atoms with Gasteiger partial charge in [0.05, 0.1) is 16.5 Å². The molecular formula is C26H38F3N3O3S. The van der Waals surface area contributed by atoms with E-state index in [1.54, 1.807) is 0 Å². The van der Waals surface area contributed by atoms with Gasteiger partial charge in [-0.3, -0.25) is 4.79 Å². The lowest BCUT2D eigenvalue weighted by atomic mass is 9.84. The number of amides is 1. The van der Waals surface area contributed by atoms with Gasteiger partial charge in [-0.15, -0.1) is 0 Å². The van der Waals surface area contributed by atoms with Crippen molar-refractivity contribution >= 4 is 15.9 Å². The molecule has 2 saturated carbocycles. The molecule has 3 fully saturated rings. The van der Waals surface area contributed by atoms with E-state index < -0.39 is 21.8 Å². The van der Waals surface area contributed by atoms with Crippen LogP contribution in [0.5, 0.6) is 0 Å².